The van der Waals surface area contributed by atoms with Gasteiger partial charge in [-0.05, 0) is 40.5 Å². The Hall–Kier alpha value is -2.85. The maximum Gasteiger partial charge on any atom is 0.408 e. The van der Waals surface area contributed by atoms with Gasteiger partial charge >= 0.3 is 12.1 Å². The van der Waals surface area contributed by atoms with Gasteiger partial charge in [0.1, 0.15) is 17.7 Å². The van der Waals surface area contributed by atoms with Gasteiger partial charge in [-0.2, -0.15) is 0 Å². The SMILES string of the molecule is C[C@H](NC(=O)OC(C)(C)C)C(=O)N1CCC(C(=O)N[C@@H](CC(N)=O)C(=O)O)CC1. The van der Waals surface area contributed by atoms with E-state index in [9.17, 15) is 24.0 Å². The second-order valence-corrected chi connectivity index (χ2v) is 8.04. The first-order valence-electron chi connectivity index (χ1n) is 9.40. The molecule has 0 bridgehead atoms. The Morgan fingerprint density at radius 3 is 2.14 bits per heavy atom. The molecule has 11 nitrogen and oxygen atoms in total. The van der Waals surface area contributed by atoms with Crippen LogP contribution in [0.4, 0.5) is 4.79 Å². The fourth-order valence-electron chi connectivity index (χ4n) is 2.87. The van der Waals surface area contributed by atoms with Gasteiger partial charge < -0.3 is 31.1 Å². The number of nitrogens with two attached hydrogens (primary N) is 1. The smallest absolute Gasteiger partial charge is 0.408 e. The van der Waals surface area contributed by atoms with Crippen molar-refractivity contribution in [2.75, 3.05) is 13.1 Å². The van der Waals surface area contributed by atoms with Crippen LogP contribution in [-0.4, -0.2) is 70.6 Å². The normalized spacial score (nSPS) is 17.0. The third-order valence-electron chi connectivity index (χ3n) is 4.30. The summed E-state index contributed by atoms with van der Waals surface area (Å²) in [6, 6.07) is -2.17. The molecule has 0 aliphatic carbocycles. The van der Waals surface area contributed by atoms with Crippen LogP contribution in [0.15, 0.2) is 0 Å². The molecule has 1 aliphatic heterocycles. The monoisotopic (exact) mass is 414 g/mol. The molecule has 5 N–H and O–H groups in total. The summed E-state index contributed by atoms with van der Waals surface area (Å²) in [5, 5.41) is 13.9. The Morgan fingerprint density at radius 1 is 1.14 bits per heavy atom. The lowest BCUT2D eigenvalue weighted by Crippen LogP contribution is -2.52. The minimum absolute atomic E-state index is 0.283. The highest BCUT2D eigenvalue weighted by Gasteiger charge is 2.32. The standard InChI is InChI=1S/C18H30N4O7/c1-10(20-17(28)29-18(2,3)4)15(25)22-7-5-11(6-8-22)14(24)21-12(16(26)27)9-13(19)23/h10-12H,5-9H2,1-4H3,(H2,19,23)(H,20,28)(H,21,24)(H,26,27)/t10-,12-/m0/s1. The minimum atomic E-state index is -1.38. The van der Waals surface area contributed by atoms with Crippen LogP contribution in [0, 0.1) is 5.92 Å². The number of primary amides is 1. The molecule has 0 unspecified atom stereocenters. The fraction of sp³-hybridized carbons (Fsp3) is 0.722. The van der Waals surface area contributed by atoms with E-state index in [0.29, 0.717) is 12.8 Å². The van der Waals surface area contributed by atoms with Crippen LogP contribution >= 0.6 is 0 Å². The summed E-state index contributed by atoms with van der Waals surface area (Å²) in [6.45, 7) is 7.26. The van der Waals surface area contributed by atoms with Crippen molar-refractivity contribution in [2.45, 2.75) is 64.6 Å². The topological polar surface area (TPSA) is 168 Å². The van der Waals surface area contributed by atoms with E-state index in [1.165, 1.54) is 4.90 Å². The van der Waals surface area contributed by atoms with Crippen LogP contribution in [0.2, 0.25) is 0 Å². The highest BCUT2D eigenvalue weighted by atomic mass is 16.6. The van der Waals surface area contributed by atoms with Gasteiger partial charge in [-0.15, -0.1) is 0 Å². The number of ether oxygens (including phenoxy) is 1. The van der Waals surface area contributed by atoms with Crippen molar-refractivity contribution in [3.8, 4) is 0 Å². The molecule has 1 fully saturated rings. The van der Waals surface area contributed by atoms with Crippen LogP contribution in [-0.2, 0) is 23.9 Å². The predicted molar refractivity (Wildman–Crippen MR) is 102 cm³/mol. The number of amides is 4. The molecule has 0 aromatic carbocycles. The maximum absolute atomic E-state index is 12.5. The van der Waals surface area contributed by atoms with Gasteiger partial charge in [-0.3, -0.25) is 14.4 Å². The van der Waals surface area contributed by atoms with Gasteiger partial charge in [0.05, 0.1) is 6.42 Å². The number of carboxylic acids is 1. The van der Waals surface area contributed by atoms with Crippen molar-refractivity contribution in [3.05, 3.63) is 0 Å². The number of piperidine rings is 1. The lowest BCUT2D eigenvalue weighted by molar-refractivity contribution is -0.144. The number of nitrogens with zero attached hydrogens (tertiary/aromatic N) is 1. The largest absolute Gasteiger partial charge is 0.480 e. The lowest BCUT2D eigenvalue weighted by atomic mass is 9.95. The third-order valence-corrected chi connectivity index (χ3v) is 4.30. The Bertz CT molecular complexity index is 651. The van der Waals surface area contributed by atoms with Gasteiger partial charge in [0.2, 0.25) is 17.7 Å². The molecular weight excluding hydrogens is 384 g/mol. The summed E-state index contributed by atoms with van der Waals surface area (Å²) in [5.74, 6) is -3.45. The van der Waals surface area contributed by atoms with Crippen LogP contribution in [0.25, 0.3) is 0 Å². The summed E-state index contributed by atoms with van der Waals surface area (Å²) in [6.07, 6.45) is -0.521. The molecule has 0 aromatic heterocycles. The summed E-state index contributed by atoms with van der Waals surface area (Å²) < 4.78 is 5.12. The zero-order chi connectivity index (χ0) is 22.4. The van der Waals surface area contributed by atoms with Crippen molar-refractivity contribution >= 4 is 29.8 Å². The molecule has 164 valence electrons. The van der Waals surface area contributed by atoms with E-state index in [2.05, 4.69) is 10.6 Å². The number of hydrogen-bond acceptors (Lipinski definition) is 6. The number of aliphatic carboxylic acids is 1. The van der Waals surface area contributed by atoms with Crippen LogP contribution in [0.5, 0.6) is 0 Å². The van der Waals surface area contributed by atoms with E-state index in [-0.39, 0.29) is 19.0 Å². The number of alkyl carbamates (subject to hydrolysis) is 1. The molecule has 2 atom stereocenters. The van der Waals surface area contributed by atoms with E-state index in [0.717, 1.165) is 0 Å². The van der Waals surface area contributed by atoms with Crippen LogP contribution < -0.4 is 16.4 Å². The summed E-state index contributed by atoms with van der Waals surface area (Å²) in [4.78, 5) is 60.2. The predicted octanol–water partition coefficient (Wildman–Crippen LogP) is -0.417. The van der Waals surface area contributed by atoms with Crippen molar-refractivity contribution in [2.24, 2.45) is 11.7 Å². The number of likely N-dealkylation sites (tertiary alicyclic amines) is 1. The first-order chi connectivity index (χ1) is 13.3. The molecule has 1 saturated heterocycles. The maximum atomic E-state index is 12.5. The summed E-state index contributed by atoms with van der Waals surface area (Å²) in [5.41, 5.74) is 4.32. The first kappa shape index (κ1) is 24.2. The van der Waals surface area contributed by atoms with E-state index in [1.54, 1.807) is 27.7 Å². The highest BCUT2D eigenvalue weighted by Crippen LogP contribution is 2.18. The highest BCUT2D eigenvalue weighted by molar-refractivity contribution is 5.89. The molecule has 0 aromatic rings. The Labute approximate surface area is 169 Å². The second-order valence-electron chi connectivity index (χ2n) is 8.04. The van der Waals surface area contributed by atoms with E-state index >= 15 is 0 Å². The molecule has 1 rings (SSSR count). The van der Waals surface area contributed by atoms with Gasteiger partial charge in [0.25, 0.3) is 0 Å². The molecule has 11 heteroatoms. The number of carbonyl (C=O) groups excluding carboxylic acids is 4. The van der Waals surface area contributed by atoms with Gasteiger partial charge in [-0.1, -0.05) is 0 Å². The van der Waals surface area contributed by atoms with Crippen molar-refractivity contribution in [1.29, 1.82) is 0 Å². The van der Waals surface area contributed by atoms with Gasteiger partial charge in [0.15, 0.2) is 0 Å². The zero-order valence-corrected chi connectivity index (χ0v) is 17.2. The molecule has 4 amide bonds. The molecule has 1 heterocycles. The van der Waals surface area contributed by atoms with E-state index in [4.69, 9.17) is 15.6 Å². The molecule has 1 aliphatic rings. The lowest BCUT2D eigenvalue weighted by Gasteiger charge is -2.33. The van der Waals surface area contributed by atoms with Crippen molar-refractivity contribution in [1.82, 2.24) is 15.5 Å². The van der Waals surface area contributed by atoms with Gasteiger partial charge in [-0.25, -0.2) is 9.59 Å². The number of carboxylic acid groups (broad SMARTS) is 1. The molecule has 0 radical (unpaired) electrons. The zero-order valence-electron chi connectivity index (χ0n) is 17.2. The fourth-order valence-corrected chi connectivity index (χ4v) is 2.87. The summed E-state index contributed by atoms with van der Waals surface area (Å²) >= 11 is 0. The number of hydrogen-bond donors (Lipinski definition) is 4. The quantitative estimate of drug-likeness (QED) is 0.439. The van der Waals surface area contributed by atoms with Crippen molar-refractivity contribution < 1.29 is 33.8 Å². The van der Waals surface area contributed by atoms with E-state index in [1.807, 2.05) is 0 Å². The number of nitrogens with one attached hydrogen (secondary N) is 2. The van der Waals surface area contributed by atoms with Crippen molar-refractivity contribution in [3.63, 3.8) is 0 Å². The average molecular weight is 414 g/mol. The Balaban J connectivity index is 2.53. The molecule has 0 spiro atoms. The Kier molecular flexibility index (Phi) is 8.41. The van der Waals surface area contributed by atoms with Crippen LogP contribution in [0.3, 0.4) is 0 Å². The average Bonchev–Trinajstić information content (AvgIpc) is 2.58. The molecule has 0 saturated carbocycles. The van der Waals surface area contributed by atoms with E-state index < -0.39 is 53.9 Å². The Morgan fingerprint density at radius 2 is 1.69 bits per heavy atom. The molecular formula is C18H30N4O7. The first-order valence-corrected chi connectivity index (χ1v) is 9.40. The summed E-state index contributed by atoms with van der Waals surface area (Å²) in [7, 11) is 0. The number of carbonyl (C=O) groups is 5. The third kappa shape index (κ3) is 8.36. The van der Waals surface area contributed by atoms with Gasteiger partial charge in [0, 0.05) is 19.0 Å². The minimum Gasteiger partial charge on any atom is -0.480 e. The van der Waals surface area contributed by atoms with Crippen LogP contribution in [0.1, 0.15) is 47.0 Å². The number of rotatable bonds is 7. The molecule has 29 heavy (non-hydrogen) atoms. The second kappa shape index (κ2) is 10.1.